The molecule has 3 nitrogen and oxygen atoms in total. The van der Waals surface area contributed by atoms with Crippen LogP contribution in [0.5, 0.6) is 0 Å². The Morgan fingerprint density at radius 2 is 1.90 bits per heavy atom. The zero-order valence-electron chi connectivity index (χ0n) is 10.8. The number of aromatic nitrogens is 2. The minimum atomic E-state index is 0.0124. The van der Waals surface area contributed by atoms with Gasteiger partial charge in [-0.1, -0.05) is 46.3 Å². The molecule has 0 amide bonds. The molecule has 0 bridgehead atoms. The summed E-state index contributed by atoms with van der Waals surface area (Å²) >= 11 is 3.39. The molecular formula is C16H13BrN2O. The van der Waals surface area contributed by atoms with Crippen LogP contribution in [0.3, 0.4) is 0 Å². The average Bonchev–Trinajstić information content (AvgIpc) is 2.47. The van der Waals surface area contributed by atoms with E-state index < -0.39 is 0 Å². The van der Waals surface area contributed by atoms with E-state index in [2.05, 4.69) is 33.0 Å². The van der Waals surface area contributed by atoms with Crippen molar-refractivity contribution in [2.45, 2.75) is 13.0 Å². The van der Waals surface area contributed by atoms with E-state index in [-0.39, 0.29) is 5.56 Å². The van der Waals surface area contributed by atoms with Crippen LogP contribution >= 0.6 is 15.9 Å². The summed E-state index contributed by atoms with van der Waals surface area (Å²) in [6.07, 6.45) is 2.45. The van der Waals surface area contributed by atoms with E-state index >= 15 is 0 Å². The molecule has 0 saturated heterocycles. The highest BCUT2D eigenvalue weighted by Crippen LogP contribution is 2.14. The first-order chi connectivity index (χ1) is 9.74. The predicted octanol–water partition coefficient (Wildman–Crippen LogP) is 3.40. The Bertz CT molecular complexity index is 796. The van der Waals surface area contributed by atoms with Crippen LogP contribution < -0.4 is 5.56 Å². The fourth-order valence-corrected chi connectivity index (χ4v) is 2.53. The van der Waals surface area contributed by atoms with E-state index in [9.17, 15) is 4.79 Å². The zero-order chi connectivity index (χ0) is 13.9. The molecule has 2 aromatic carbocycles. The SMILES string of the molecule is O=c1c2ccc(Br)cc2ncn1CCc1ccccc1. The lowest BCUT2D eigenvalue weighted by atomic mass is 10.1. The number of nitrogens with zero attached hydrogens (tertiary/aromatic N) is 2. The Hall–Kier alpha value is -1.94. The maximum atomic E-state index is 12.4. The number of hydrogen-bond donors (Lipinski definition) is 0. The fourth-order valence-electron chi connectivity index (χ4n) is 2.19. The van der Waals surface area contributed by atoms with Gasteiger partial charge in [0.2, 0.25) is 0 Å². The average molecular weight is 329 g/mol. The zero-order valence-corrected chi connectivity index (χ0v) is 12.4. The molecule has 0 aliphatic rings. The normalized spacial score (nSPS) is 10.8. The third-order valence-electron chi connectivity index (χ3n) is 3.27. The van der Waals surface area contributed by atoms with Crippen LogP contribution in [0.2, 0.25) is 0 Å². The highest BCUT2D eigenvalue weighted by Gasteiger charge is 2.04. The molecule has 4 heteroatoms. The summed E-state index contributed by atoms with van der Waals surface area (Å²) in [7, 11) is 0. The highest BCUT2D eigenvalue weighted by atomic mass is 79.9. The number of fused-ring (bicyclic) bond motifs is 1. The molecule has 0 aliphatic heterocycles. The van der Waals surface area contributed by atoms with Gasteiger partial charge in [-0.2, -0.15) is 0 Å². The summed E-state index contributed by atoms with van der Waals surface area (Å²) in [6.45, 7) is 0.641. The smallest absolute Gasteiger partial charge is 0.261 e. The molecule has 0 saturated carbocycles. The second-order valence-corrected chi connectivity index (χ2v) is 5.56. The first-order valence-corrected chi connectivity index (χ1v) is 7.22. The lowest BCUT2D eigenvalue weighted by Crippen LogP contribution is -2.21. The number of halogens is 1. The molecule has 100 valence electrons. The Morgan fingerprint density at radius 3 is 2.70 bits per heavy atom. The first-order valence-electron chi connectivity index (χ1n) is 6.43. The van der Waals surface area contributed by atoms with Crippen molar-refractivity contribution in [2.24, 2.45) is 0 Å². The number of rotatable bonds is 3. The van der Waals surface area contributed by atoms with Gasteiger partial charge in [0.05, 0.1) is 17.2 Å². The van der Waals surface area contributed by atoms with Crippen LogP contribution in [0.25, 0.3) is 10.9 Å². The fraction of sp³-hybridized carbons (Fsp3) is 0.125. The number of aryl methyl sites for hydroxylation is 2. The predicted molar refractivity (Wildman–Crippen MR) is 83.8 cm³/mol. The van der Waals surface area contributed by atoms with Gasteiger partial charge in [0.25, 0.3) is 5.56 Å². The summed E-state index contributed by atoms with van der Waals surface area (Å²) in [6, 6.07) is 15.7. The molecule has 1 aromatic heterocycles. The van der Waals surface area contributed by atoms with Gasteiger partial charge in [-0.3, -0.25) is 9.36 Å². The summed E-state index contributed by atoms with van der Waals surface area (Å²) in [5.41, 5.74) is 1.95. The molecule has 3 rings (SSSR count). The molecule has 0 fully saturated rings. The van der Waals surface area contributed by atoms with Crippen LogP contribution in [0, 0.1) is 0 Å². The summed E-state index contributed by atoms with van der Waals surface area (Å²) in [5.74, 6) is 0. The first kappa shape index (κ1) is 13.1. The molecule has 20 heavy (non-hydrogen) atoms. The Labute approximate surface area is 125 Å². The van der Waals surface area contributed by atoms with Gasteiger partial charge >= 0.3 is 0 Å². The second-order valence-electron chi connectivity index (χ2n) is 4.64. The van der Waals surface area contributed by atoms with E-state index in [1.54, 1.807) is 10.9 Å². The minimum absolute atomic E-state index is 0.0124. The van der Waals surface area contributed by atoms with Crippen LogP contribution in [-0.4, -0.2) is 9.55 Å². The molecule has 0 unspecified atom stereocenters. The summed E-state index contributed by atoms with van der Waals surface area (Å²) in [4.78, 5) is 16.7. The molecule has 3 aromatic rings. The summed E-state index contributed by atoms with van der Waals surface area (Å²) in [5, 5.41) is 0.656. The Balaban J connectivity index is 1.91. The molecule has 1 heterocycles. The van der Waals surface area contributed by atoms with Gasteiger partial charge in [-0.05, 0) is 30.2 Å². The lowest BCUT2D eigenvalue weighted by molar-refractivity contribution is 0.662. The van der Waals surface area contributed by atoms with E-state index in [0.717, 1.165) is 16.4 Å². The van der Waals surface area contributed by atoms with Crippen LogP contribution in [-0.2, 0) is 13.0 Å². The van der Waals surface area contributed by atoms with Crippen molar-refractivity contribution >= 4 is 26.8 Å². The topological polar surface area (TPSA) is 34.9 Å². The van der Waals surface area contributed by atoms with Crippen LogP contribution in [0.1, 0.15) is 5.56 Å². The largest absolute Gasteiger partial charge is 0.298 e. The quantitative estimate of drug-likeness (QED) is 0.738. The second kappa shape index (κ2) is 5.59. The maximum absolute atomic E-state index is 12.4. The molecule has 0 radical (unpaired) electrons. The minimum Gasteiger partial charge on any atom is -0.298 e. The third kappa shape index (κ3) is 2.65. The third-order valence-corrected chi connectivity index (χ3v) is 3.76. The van der Waals surface area contributed by atoms with Gasteiger partial charge in [0, 0.05) is 11.0 Å². The van der Waals surface area contributed by atoms with Gasteiger partial charge in [0.15, 0.2) is 0 Å². The molecular weight excluding hydrogens is 316 g/mol. The van der Waals surface area contributed by atoms with E-state index in [1.807, 2.05) is 36.4 Å². The van der Waals surface area contributed by atoms with Crippen molar-refractivity contribution < 1.29 is 0 Å². The molecule has 0 aliphatic carbocycles. The standard InChI is InChI=1S/C16H13BrN2O/c17-13-6-7-14-15(10-13)18-11-19(16(14)20)9-8-12-4-2-1-3-5-12/h1-7,10-11H,8-9H2. The van der Waals surface area contributed by atoms with E-state index in [0.29, 0.717) is 11.9 Å². The van der Waals surface area contributed by atoms with Crippen molar-refractivity contribution in [3.05, 3.63) is 75.2 Å². The number of hydrogen-bond acceptors (Lipinski definition) is 2. The van der Waals surface area contributed by atoms with Crippen molar-refractivity contribution in [1.29, 1.82) is 0 Å². The van der Waals surface area contributed by atoms with Crippen molar-refractivity contribution in [1.82, 2.24) is 9.55 Å². The van der Waals surface area contributed by atoms with Crippen molar-refractivity contribution in [2.75, 3.05) is 0 Å². The van der Waals surface area contributed by atoms with Gasteiger partial charge < -0.3 is 0 Å². The van der Waals surface area contributed by atoms with Crippen molar-refractivity contribution in [3.63, 3.8) is 0 Å². The van der Waals surface area contributed by atoms with Crippen molar-refractivity contribution in [3.8, 4) is 0 Å². The highest BCUT2D eigenvalue weighted by molar-refractivity contribution is 9.10. The van der Waals surface area contributed by atoms with Gasteiger partial charge in [0.1, 0.15) is 0 Å². The Kier molecular flexibility index (Phi) is 3.65. The van der Waals surface area contributed by atoms with Gasteiger partial charge in [-0.25, -0.2) is 4.98 Å². The lowest BCUT2D eigenvalue weighted by Gasteiger charge is -2.07. The van der Waals surface area contributed by atoms with E-state index in [4.69, 9.17) is 0 Å². The van der Waals surface area contributed by atoms with Crippen LogP contribution in [0.4, 0.5) is 0 Å². The Morgan fingerprint density at radius 1 is 1.10 bits per heavy atom. The van der Waals surface area contributed by atoms with Gasteiger partial charge in [-0.15, -0.1) is 0 Å². The number of benzene rings is 2. The molecule has 0 N–H and O–H groups in total. The molecule has 0 atom stereocenters. The van der Waals surface area contributed by atoms with E-state index in [1.165, 1.54) is 5.56 Å². The maximum Gasteiger partial charge on any atom is 0.261 e. The molecule has 0 spiro atoms. The van der Waals surface area contributed by atoms with Crippen LogP contribution in [0.15, 0.2) is 64.1 Å². The monoisotopic (exact) mass is 328 g/mol. The summed E-state index contributed by atoms with van der Waals surface area (Å²) < 4.78 is 2.60.